The van der Waals surface area contributed by atoms with Crippen molar-refractivity contribution in [3.05, 3.63) is 0 Å². The maximum atomic E-state index is 5.17. The van der Waals surface area contributed by atoms with E-state index in [2.05, 4.69) is 15.8 Å². The maximum Gasteiger partial charge on any atom is 0.189 e. The minimum Gasteiger partial charge on any atom is -0.353 e. The predicted octanol–water partition coefficient (Wildman–Crippen LogP) is -0.188. The second-order valence-corrected chi connectivity index (χ2v) is 2.15. The lowest BCUT2D eigenvalue weighted by Crippen LogP contribution is -2.46. The number of hydrazone groups is 1. The summed E-state index contributed by atoms with van der Waals surface area (Å²) < 4.78 is 5.17. The highest BCUT2D eigenvalue weighted by molar-refractivity contribution is 7.80. The van der Waals surface area contributed by atoms with Crippen molar-refractivity contribution in [1.82, 2.24) is 10.7 Å². The van der Waals surface area contributed by atoms with Gasteiger partial charge in [0.2, 0.25) is 0 Å². The first-order valence-electron chi connectivity index (χ1n) is 3.04. The zero-order valence-corrected chi connectivity index (χ0v) is 6.44. The fourth-order valence-corrected chi connectivity index (χ4v) is 0.795. The lowest BCUT2D eigenvalue weighted by molar-refractivity contribution is 0.101. The van der Waals surface area contributed by atoms with E-state index in [-0.39, 0.29) is 6.23 Å². The van der Waals surface area contributed by atoms with Crippen molar-refractivity contribution in [2.45, 2.75) is 13.2 Å². The van der Waals surface area contributed by atoms with E-state index in [1.807, 2.05) is 6.92 Å². The smallest absolute Gasteiger partial charge is 0.189 e. The number of nitrogens with one attached hydrogen (secondary N) is 2. The first-order valence-corrected chi connectivity index (χ1v) is 3.45. The van der Waals surface area contributed by atoms with Crippen molar-refractivity contribution in [1.29, 1.82) is 0 Å². The summed E-state index contributed by atoms with van der Waals surface area (Å²) in [7, 11) is 0. The molecule has 0 fully saturated rings. The van der Waals surface area contributed by atoms with Crippen LogP contribution in [0, 0.1) is 0 Å². The summed E-state index contributed by atoms with van der Waals surface area (Å²) in [5.41, 5.74) is 2.58. The molecular formula is C5H9N3OS. The molecule has 0 radical (unpaired) electrons. The summed E-state index contributed by atoms with van der Waals surface area (Å²) in [6, 6.07) is 0. The molecule has 4 nitrogen and oxygen atoms in total. The van der Waals surface area contributed by atoms with Gasteiger partial charge >= 0.3 is 0 Å². The van der Waals surface area contributed by atoms with Gasteiger partial charge < -0.3 is 10.1 Å². The molecule has 0 bridgehead atoms. The van der Waals surface area contributed by atoms with Crippen LogP contribution in [0.5, 0.6) is 0 Å². The molecule has 10 heavy (non-hydrogen) atoms. The van der Waals surface area contributed by atoms with E-state index in [1.54, 1.807) is 6.21 Å². The Morgan fingerprint density at radius 1 is 1.90 bits per heavy atom. The molecule has 1 aliphatic heterocycles. The van der Waals surface area contributed by atoms with Gasteiger partial charge in [0, 0.05) is 6.61 Å². The summed E-state index contributed by atoms with van der Waals surface area (Å²) in [4.78, 5) is 0. The second-order valence-electron chi connectivity index (χ2n) is 1.74. The Kier molecular flexibility index (Phi) is 2.58. The molecule has 0 spiro atoms. The molecule has 0 saturated carbocycles. The van der Waals surface area contributed by atoms with Crippen LogP contribution in [0.2, 0.25) is 0 Å². The van der Waals surface area contributed by atoms with Crippen LogP contribution < -0.4 is 10.7 Å². The fraction of sp³-hybridized carbons (Fsp3) is 0.600. The van der Waals surface area contributed by atoms with E-state index in [1.165, 1.54) is 0 Å². The highest BCUT2D eigenvalue weighted by Crippen LogP contribution is 1.87. The van der Waals surface area contributed by atoms with Gasteiger partial charge in [-0.15, -0.1) is 0 Å². The van der Waals surface area contributed by atoms with Gasteiger partial charge in [-0.25, -0.2) is 0 Å². The van der Waals surface area contributed by atoms with Crippen LogP contribution in [0.1, 0.15) is 6.92 Å². The number of thiocarbonyl (C=S) groups is 1. The summed E-state index contributed by atoms with van der Waals surface area (Å²) in [6.45, 7) is 2.56. The van der Waals surface area contributed by atoms with Gasteiger partial charge in [0.05, 0.1) is 6.21 Å². The summed E-state index contributed by atoms with van der Waals surface area (Å²) in [5.74, 6) is 0. The zero-order chi connectivity index (χ0) is 7.40. The van der Waals surface area contributed by atoms with E-state index >= 15 is 0 Å². The van der Waals surface area contributed by atoms with Crippen molar-refractivity contribution in [2.75, 3.05) is 6.61 Å². The van der Waals surface area contributed by atoms with Gasteiger partial charge in [-0.1, -0.05) is 0 Å². The van der Waals surface area contributed by atoms with Crippen LogP contribution >= 0.6 is 12.2 Å². The molecule has 5 heteroatoms. The highest BCUT2D eigenvalue weighted by atomic mass is 32.1. The molecule has 1 rings (SSSR count). The van der Waals surface area contributed by atoms with Gasteiger partial charge in [0.15, 0.2) is 11.3 Å². The molecule has 0 aromatic carbocycles. The van der Waals surface area contributed by atoms with Gasteiger partial charge in [0.25, 0.3) is 0 Å². The zero-order valence-electron chi connectivity index (χ0n) is 5.63. The SMILES string of the molecule is CCOC1C=NNC(=S)N1. The van der Waals surface area contributed by atoms with Crippen molar-refractivity contribution in [2.24, 2.45) is 5.10 Å². The molecule has 0 aromatic heterocycles. The molecule has 2 N–H and O–H groups in total. The van der Waals surface area contributed by atoms with E-state index in [0.29, 0.717) is 11.7 Å². The maximum absolute atomic E-state index is 5.17. The van der Waals surface area contributed by atoms with Crippen molar-refractivity contribution in [3.63, 3.8) is 0 Å². The average Bonchev–Trinajstić information content (AvgIpc) is 1.88. The number of ether oxygens (including phenoxy) is 1. The Hall–Kier alpha value is -0.680. The van der Waals surface area contributed by atoms with Gasteiger partial charge in [0.1, 0.15) is 0 Å². The monoisotopic (exact) mass is 159 g/mol. The molecule has 1 heterocycles. The molecule has 0 saturated heterocycles. The highest BCUT2D eigenvalue weighted by Gasteiger charge is 2.09. The Bertz CT molecular complexity index is 159. The molecule has 0 aromatic rings. The van der Waals surface area contributed by atoms with Crippen LogP contribution in [0.3, 0.4) is 0 Å². The first kappa shape index (κ1) is 7.43. The fourth-order valence-electron chi connectivity index (χ4n) is 0.627. The van der Waals surface area contributed by atoms with Crippen LogP contribution in [-0.4, -0.2) is 24.2 Å². The lowest BCUT2D eigenvalue weighted by Gasteiger charge is -2.19. The van der Waals surface area contributed by atoms with Crippen molar-refractivity contribution >= 4 is 23.5 Å². The minimum atomic E-state index is -0.168. The molecular weight excluding hydrogens is 150 g/mol. The topological polar surface area (TPSA) is 45.6 Å². The van der Waals surface area contributed by atoms with E-state index in [4.69, 9.17) is 17.0 Å². The largest absolute Gasteiger partial charge is 0.353 e. The van der Waals surface area contributed by atoms with Crippen LogP contribution in [0.4, 0.5) is 0 Å². The Morgan fingerprint density at radius 3 is 3.30 bits per heavy atom. The van der Waals surface area contributed by atoms with E-state index < -0.39 is 0 Å². The van der Waals surface area contributed by atoms with E-state index in [9.17, 15) is 0 Å². The third kappa shape index (κ3) is 1.93. The van der Waals surface area contributed by atoms with Crippen molar-refractivity contribution < 1.29 is 4.74 Å². The number of nitrogens with zero attached hydrogens (tertiary/aromatic N) is 1. The van der Waals surface area contributed by atoms with E-state index in [0.717, 1.165) is 0 Å². The molecule has 0 amide bonds. The summed E-state index contributed by atoms with van der Waals surface area (Å²) in [6.07, 6.45) is 1.46. The number of hydrogen-bond donors (Lipinski definition) is 2. The van der Waals surface area contributed by atoms with Gasteiger partial charge in [-0.2, -0.15) is 5.10 Å². The molecule has 56 valence electrons. The Labute approximate surface area is 64.6 Å². The minimum absolute atomic E-state index is 0.168. The van der Waals surface area contributed by atoms with Crippen LogP contribution in [0.15, 0.2) is 5.10 Å². The third-order valence-electron chi connectivity index (χ3n) is 0.996. The van der Waals surface area contributed by atoms with Gasteiger partial charge in [-0.3, -0.25) is 5.43 Å². The van der Waals surface area contributed by atoms with Gasteiger partial charge in [-0.05, 0) is 19.1 Å². The normalized spacial score (nSPS) is 23.7. The van der Waals surface area contributed by atoms with Crippen LogP contribution in [-0.2, 0) is 4.74 Å². The summed E-state index contributed by atoms with van der Waals surface area (Å²) in [5, 5.41) is 7.12. The number of rotatable bonds is 2. The molecule has 1 atom stereocenters. The molecule has 1 unspecified atom stereocenters. The van der Waals surface area contributed by atoms with Crippen LogP contribution in [0.25, 0.3) is 0 Å². The van der Waals surface area contributed by atoms with Crippen molar-refractivity contribution in [3.8, 4) is 0 Å². The number of hydrogen-bond acceptors (Lipinski definition) is 3. The molecule has 1 aliphatic rings. The standard InChI is InChI=1S/C5H9N3OS/c1-2-9-4-3-6-8-5(10)7-4/h3-4H,2H2,1H3,(H2,7,8,10). The Morgan fingerprint density at radius 2 is 2.70 bits per heavy atom. The first-order chi connectivity index (χ1) is 4.83. The second kappa shape index (κ2) is 3.48. The quantitative estimate of drug-likeness (QED) is 0.548. The lowest BCUT2D eigenvalue weighted by atomic mass is 10.6. The average molecular weight is 159 g/mol. The Balaban J connectivity index is 2.39. The third-order valence-corrected chi connectivity index (χ3v) is 1.20. The molecule has 0 aliphatic carbocycles. The summed E-state index contributed by atoms with van der Waals surface area (Å²) >= 11 is 4.78. The predicted molar refractivity (Wildman–Crippen MR) is 42.8 cm³/mol.